The van der Waals surface area contributed by atoms with Crippen molar-refractivity contribution < 1.29 is 22.3 Å². The first kappa shape index (κ1) is 16.7. The van der Waals surface area contributed by atoms with Gasteiger partial charge in [0.15, 0.2) is 6.61 Å². The Bertz CT molecular complexity index is 427. The van der Waals surface area contributed by atoms with Crippen LogP contribution in [0.3, 0.4) is 0 Å². The van der Waals surface area contributed by atoms with Gasteiger partial charge >= 0.3 is 12.3 Å². The van der Waals surface area contributed by atoms with Crippen molar-refractivity contribution in [2.45, 2.75) is 39.2 Å². The quantitative estimate of drug-likeness (QED) is 0.590. The standard InChI is InChI=1S/C13H18F4N2O/c1-3-4-18-6-10-7-19-9(2)5-11(10)20-8-13(16,17)12(14)15/h5,7,12,18H,3-4,6,8H2,1-2H3. The van der Waals surface area contributed by atoms with E-state index < -0.39 is 19.0 Å². The molecule has 0 radical (unpaired) electrons. The van der Waals surface area contributed by atoms with Gasteiger partial charge < -0.3 is 10.1 Å². The fraction of sp³-hybridized carbons (Fsp3) is 0.615. The lowest BCUT2D eigenvalue weighted by atomic mass is 10.2. The van der Waals surface area contributed by atoms with Gasteiger partial charge in [-0.25, -0.2) is 8.78 Å². The number of halogens is 4. The highest BCUT2D eigenvalue weighted by molar-refractivity contribution is 5.32. The molecule has 0 atom stereocenters. The zero-order valence-corrected chi connectivity index (χ0v) is 11.4. The van der Waals surface area contributed by atoms with Gasteiger partial charge in [-0.1, -0.05) is 6.92 Å². The van der Waals surface area contributed by atoms with E-state index in [9.17, 15) is 17.6 Å². The lowest BCUT2D eigenvalue weighted by Crippen LogP contribution is -2.34. The largest absolute Gasteiger partial charge is 0.487 e. The average Bonchev–Trinajstić information content (AvgIpc) is 2.38. The van der Waals surface area contributed by atoms with E-state index in [0.29, 0.717) is 17.8 Å². The molecule has 1 rings (SSSR count). The van der Waals surface area contributed by atoms with Gasteiger partial charge in [0.25, 0.3) is 0 Å². The normalized spacial score (nSPS) is 11.9. The number of aryl methyl sites for hydroxylation is 1. The minimum atomic E-state index is -4.16. The average molecular weight is 294 g/mol. The second kappa shape index (κ2) is 7.42. The van der Waals surface area contributed by atoms with Gasteiger partial charge in [-0.3, -0.25) is 4.98 Å². The molecule has 1 aromatic heterocycles. The van der Waals surface area contributed by atoms with E-state index >= 15 is 0 Å². The molecule has 0 fully saturated rings. The van der Waals surface area contributed by atoms with Gasteiger partial charge in [0.05, 0.1) is 0 Å². The summed E-state index contributed by atoms with van der Waals surface area (Å²) in [6.07, 6.45) is -1.33. The molecule has 0 saturated heterocycles. The fourth-order valence-electron chi connectivity index (χ4n) is 1.47. The molecule has 0 spiro atoms. The van der Waals surface area contributed by atoms with E-state index in [1.807, 2.05) is 6.92 Å². The van der Waals surface area contributed by atoms with Gasteiger partial charge in [-0.15, -0.1) is 0 Å². The number of ether oxygens (including phenoxy) is 1. The van der Waals surface area contributed by atoms with E-state index in [1.54, 1.807) is 6.92 Å². The van der Waals surface area contributed by atoms with Crippen molar-refractivity contribution in [2.24, 2.45) is 0 Å². The summed E-state index contributed by atoms with van der Waals surface area (Å²) in [5.41, 5.74) is 1.13. The van der Waals surface area contributed by atoms with Crippen molar-refractivity contribution in [3.63, 3.8) is 0 Å². The van der Waals surface area contributed by atoms with E-state index in [4.69, 9.17) is 4.74 Å². The molecule has 1 heterocycles. The van der Waals surface area contributed by atoms with Crippen molar-refractivity contribution in [3.05, 3.63) is 23.5 Å². The van der Waals surface area contributed by atoms with Crippen LogP contribution >= 0.6 is 0 Å². The number of rotatable bonds is 8. The summed E-state index contributed by atoms with van der Waals surface area (Å²) < 4.78 is 54.8. The predicted molar refractivity (Wildman–Crippen MR) is 67.4 cm³/mol. The molecular weight excluding hydrogens is 276 g/mol. The summed E-state index contributed by atoms with van der Waals surface area (Å²) in [7, 11) is 0. The van der Waals surface area contributed by atoms with Gasteiger partial charge in [0, 0.05) is 30.1 Å². The van der Waals surface area contributed by atoms with Gasteiger partial charge in [-0.05, 0) is 19.9 Å². The number of hydrogen-bond acceptors (Lipinski definition) is 3. The van der Waals surface area contributed by atoms with Crippen molar-refractivity contribution in [1.29, 1.82) is 0 Å². The van der Waals surface area contributed by atoms with Crippen LogP contribution in [0, 0.1) is 6.92 Å². The molecule has 0 amide bonds. The number of hydrogen-bond donors (Lipinski definition) is 1. The van der Waals surface area contributed by atoms with Crippen LogP contribution in [0.4, 0.5) is 17.6 Å². The molecule has 1 aromatic rings. The summed E-state index contributed by atoms with van der Waals surface area (Å²) in [6.45, 7) is 3.44. The first-order valence-electron chi connectivity index (χ1n) is 6.32. The lowest BCUT2D eigenvalue weighted by Gasteiger charge is -2.18. The number of nitrogens with one attached hydrogen (secondary N) is 1. The Hall–Kier alpha value is -1.37. The Balaban J connectivity index is 2.74. The predicted octanol–water partition coefficient (Wildman–Crippen LogP) is 3.17. The molecule has 0 aliphatic heterocycles. The van der Waals surface area contributed by atoms with Crippen LogP contribution < -0.4 is 10.1 Å². The van der Waals surface area contributed by atoms with Gasteiger partial charge in [0.2, 0.25) is 0 Å². The van der Waals surface area contributed by atoms with Crippen LogP contribution in [-0.2, 0) is 6.54 Å². The van der Waals surface area contributed by atoms with E-state index in [2.05, 4.69) is 10.3 Å². The Labute approximate surface area is 115 Å². The smallest absolute Gasteiger partial charge is 0.340 e. The monoisotopic (exact) mass is 294 g/mol. The maximum Gasteiger partial charge on any atom is 0.340 e. The van der Waals surface area contributed by atoms with Crippen molar-refractivity contribution in [3.8, 4) is 5.75 Å². The maximum atomic E-state index is 12.9. The van der Waals surface area contributed by atoms with Crippen LogP contribution in [0.5, 0.6) is 5.75 Å². The number of nitrogens with zero attached hydrogens (tertiary/aromatic N) is 1. The molecule has 7 heteroatoms. The third-order valence-electron chi connectivity index (χ3n) is 2.56. The molecule has 0 aliphatic rings. The van der Waals surface area contributed by atoms with Crippen LogP contribution in [0.15, 0.2) is 12.3 Å². The molecule has 0 aromatic carbocycles. The molecule has 0 saturated carbocycles. The van der Waals surface area contributed by atoms with E-state index in [-0.39, 0.29) is 5.75 Å². The van der Waals surface area contributed by atoms with Crippen molar-refractivity contribution in [1.82, 2.24) is 10.3 Å². The van der Waals surface area contributed by atoms with Crippen LogP contribution in [0.25, 0.3) is 0 Å². The summed E-state index contributed by atoms with van der Waals surface area (Å²) in [5.74, 6) is -4.01. The molecule has 20 heavy (non-hydrogen) atoms. The Morgan fingerprint density at radius 2 is 2.10 bits per heavy atom. The zero-order chi connectivity index (χ0) is 15.2. The summed E-state index contributed by atoms with van der Waals surface area (Å²) in [5, 5.41) is 3.08. The second-order valence-corrected chi connectivity index (χ2v) is 4.46. The highest BCUT2D eigenvalue weighted by Crippen LogP contribution is 2.26. The molecule has 0 bridgehead atoms. The van der Waals surface area contributed by atoms with E-state index in [0.717, 1.165) is 13.0 Å². The first-order valence-corrected chi connectivity index (χ1v) is 6.32. The Morgan fingerprint density at radius 3 is 2.70 bits per heavy atom. The van der Waals surface area contributed by atoms with Gasteiger partial charge in [0.1, 0.15) is 5.75 Å². The van der Waals surface area contributed by atoms with Gasteiger partial charge in [-0.2, -0.15) is 8.78 Å². The zero-order valence-electron chi connectivity index (χ0n) is 11.4. The molecule has 114 valence electrons. The second-order valence-electron chi connectivity index (χ2n) is 4.46. The molecule has 1 N–H and O–H groups in total. The molecular formula is C13H18F4N2O. The summed E-state index contributed by atoms with van der Waals surface area (Å²) in [4.78, 5) is 4.04. The Morgan fingerprint density at radius 1 is 1.40 bits per heavy atom. The van der Waals surface area contributed by atoms with Crippen LogP contribution in [0.1, 0.15) is 24.6 Å². The van der Waals surface area contributed by atoms with Crippen LogP contribution in [0.2, 0.25) is 0 Å². The summed E-state index contributed by atoms with van der Waals surface area (Å²) in [6, 6.07) is 1.46. The van der Waals surface area contributed by atoms with Crippen LogP contribution in [-0.4, -0.2) is 30.5 Å². The Kier molecular flexibility index (Phi) is 6.19. The lowest BCUT2D eigenvalue weighted by molar-refractivity contribution is -0.148. The third kappa shape index (κ3) is 4.96. The molecule has 0 aliphatic carbocycles. The topological polar surface area (TPSA) is 34.2 Å². The molecule has 0 unspecified atom stereocenters. The highest BCUT2D eigenvalue weighted by Gasteiger charge is 2.41. The SMILES string of the molecule is CCCNCc1cnc(C)cc1OCC(F)(F)C(F)F. The third-order valence-corrected chi connectivity index (χ3v) is 2.56. The minimum Gasteiger partial charge on any atom is -0.487 e. The van der Waals surface area contributed by atoms with E-state index in [1.165, 1.54) is 12.3 Å². The minimum absolute atomic E-state index is 0.154. The highest BCUT2D eigenvalue weighted by atomic mass is 19.3. The number of pyridine rings is 1. The van der Waals surface area contributed by atoms with Crippen molar-refractivity contribution in [2.75, 3.05) is 13.2 Å². The first-order chi connectivity index (χ1) is 9.36. The molecule has 3 nitrogen and oxygen atoms in total. The summed E-state index contributed by atoms with van der Waals surface area (Å²) >= 11 is 0. The number of alkyl halides is 4. The fourth-order valence-corrected chi connectivity index (χ4v) is 1.47. The number of aromatic nitrogens is 1. The van der Waals surface area contributed by atoms with Crippen molar-refractivity contribution >= 4 is 0 Å². The maximum absolute atomic E-state index is 12.9.